The van der Waals surface area contributed by atoms with Crippen LogP contribution >= 0.6 is 0 Å². The van der Waals surface area contributed by atoms with Gasteiger partial charge in [-0.1, -0.05) is 0 Å². The van der Waals surface area contributed by atoms with E-state index in [1.54, 1.807) is 0 Å². The van der Waals surface area contributed by atoms with Gasteiger partial charge in [-0.2, -0.15) is 5.26 Å². The highest BCUT2D eigenvalue weighted by molar-refractivity contribution is 5.11. The Morgan fingerprint density at radius 3 is 2.69 bits per heavy atom. The van der Waals surface area contributed by atoms with E-state index >= 15 is 0 Å². The maximum absolute atomic E-state index is 9.15. The van der Waals surface area contributed by atoms with Crippen molar-refractivity contribution < 1.29 is 4.74 Å². The van der Waals surface area contributed by atoms with Crippen LogP contribution in [0.2, 0.25) is 0 Å². The zero-order valence-electron chi connectivity index (χ0n) is 8.05. The summed E-state index contributed by atoms with van der Waals surface area (Å²) in [6, 6.07) is 2.99. The van der Waals surface area contributed by atoms with Crippen molar-refractivity contribution in [3.05, 3.63) is 0 Å². The first kappa shape index (κ1) is 8.98. The molecule has 1 heterocycles. The molecule has 0 aromatic rings. The Morgan fingerprint density at radius 2 is 2.23 bits per heavy atom. The lowest BCUT2D eigenvalue weighted by Crippen LogP contribution is -2.49. The molecule has 2 fully saturated rings. The van der Waals surface area contributed by atoms with Crippen LogP contribution < -0.4 is 5.32 Å². The third-order valence-corrected chi connectivity index (χ3v) is 3.06. The maximum Gasteiger partial charge on any atom is 0.109 e. The summed E-state index contributed by atoms with van der Waals surface area (Å²) < 4.78 is 5.32. The molecule has 72 valence electrons. The molecule has 1 saturated heterocycles. The summed E-state index contributed by atoms with van der Waals surface area (Å²) in [5, 5.41) is 12.6. The maximum atomic E-state index is 9.15. The van der Waals surface area contributed by atoms with E-state index in [-0.39, 0.29) is 5.54 Å². The number of nitriles is 1. The topological polar surface area (TPSA) is 45.0 Å². The van der Waals surface area contributed by atoms with E-state index in [9.17, 15) is 0 Å². The van der Waals surface area contributed by atoms with Gasteiger partial charge in [-0.25, -0.2) is 0 Å². The summed E-state index contributed by atoms with van der Waals surface area (Å²) in [5.41, 5.74) is -0.363. The molecule has 0 amide bonds. The Hall–Kier alpha value is -0.590. The van der Waals surface area contributed by atoms with Crippen LogP contribution in [0.25, 0.3) is 0 Å². The normalized spacial score (nSPS) is 32.5. The van der Waals surface area contributed by atoms with Gasteiger partial charge in [0.15, 0.2) is 0 Å². The minimum atomic E-state index is -0.363. The minimum Gasteiger partial charge on any atom is -0.381 e. The summed E-state index contributed by atoms with van der Waals surface area (Å²) >= 11 is 0. The van der Waals surface area contributed by atoms with E-state index in [4.69, 9.17) is 10.00 Å². The largest absolute Gasteiger partial charge is 0.381 e. The highest BCUT2D eigenvalue weighted by Gasteiger charge is 2.40. The van der Waals surface area contributed by atoms with Crippen LogP contribution in [-0.4, -0.2) is 24.8 Å². The molecule has 1 N–H and O–H groups in total. The van der Waals surface area contributed by atoms with Crippen LogP contribution in [-0.2, 0) is 4.74 Å². The van der Waals surface area contributed by atoms with Gasteiger partial charge in [-0.3, -0.25) is 5.32 Å². The molecule has 0 aromatic carbocycles. The van der Waals surface area contributed by atoms with Crippen LogP contribution in [0.4, 0.5) is 0 Å². The summed E-state index contributed by atoms with van der Waals surface area (Å²) in [5.74, 6) is 0.373. The van der Waals surface area contributed by atoms with Crippen molar-refractivity contribution in [1.29, 1.82) is 5.26 Å². The predicted molar refractivity (Wildman–Crippen MR) is 49.1 cm³/mol. The Kier molecular flexibility index (Phi) is 2.27. The minimum absolute atomic E-state index is 0.363. The van der Waals surface area contributed by atoms with Gasteiger partial charge in [-0.05, 0) is 26.2 Å². The molecule has 1 aliphatic heterocycles. The van der Waals surface area contributed by atoms with Crippen LogP contribution in [0.15, 0.2) is 0 Å². The number of hydrogen-bond donors (Lipinski definition) is 1. The fourth-order valence-electron chi connectivity index (χ4n) is 1.88. The van der Waals surface area contributed by atoms with Crippen molar-refractivity contribution in [2.24, 2.45) is 5.92 Å². The fourth-order valence-corrected chi connectivity index (χ4v) is 1.88. The molecule has 0 spiro atoms. The van der Waals surface area contributed by atoms with Gasteiger partial charge in [0.1, 0.15) is 5.54 Å². The van der Waals surface area contributed by atoms with Gasteiger partial charge in [0, 0.05) is 18.6 Å². The smallest absolute Gasteiger partial charge is 0.109 e. The molecule has 2 aliphatic rings. The van der Waals surface area contributed by atoms with E-state index in [0.717, 1.165) is 19.6 Å². The second-order valence-corrected chi connectivity index (χ2v) is 4.29. The van der Waals surface area contributed by atoms with Gasteiger partial charge >= 0.3 is 0 Å². The molecule has 2 rings (SSSR count). The Morgan fingerprint density at radius 1 is 1.46 bits per heavy atom. The lowest BCUT2D eigenvalue weighted by atomic mass is 9.86. The molecule has 13 heavy (non-hydrogen) atoms. The summed E-state index contributed by atoms with van der Waals surface area (Å²) in [6.45, 7) is 3.56. The molecule has 0 radical (unpaired) electrons. The highest BCUT2D eigenvalue weighted by atomic mass is 16.5. The number of rotatable bonds is 3. The first-order valence-electron chi connectivity index (χ1n) is 5.01. The van der Waals surface area contributed by atoms with Gasteiger partial charge in [-0.15, -0.1) is 0 Å². The SMILES string of the molecule is CC(C#N)(NC1CC1)C1CCOC1. The van der Waals surface area contributed by atoms with E-state index in [2.05, 4.69) is 11.4 Å². The van der Waals surface area contributed by atoms with Crippen molar-refractivity contribution in [3.8, 4) is 6.07 Å². The first-order valence-corrected chi connectivity index (χ1v) is 5.01. The summed E-state index contributed by atoms with van der Waals surface area (Å²) in [4.78, 5) is 0. The van der Waals surface area contributed by atoms with Crippen molar-refractivity contribution >= 4 is 0 Å². The molecule has 1 aliphatic carbocycles. The van der Waals surface area contributed by atoms with Gasteiger partial charge in [0.25, 0.3) is 0 Å². The summed E-state index contributed by atoms with van der Waals surface area (Å²) in [6.07, 6.45) is 3.47. The van der Waals surface area contributed by atoms with E-state index in [1.807, 2.05) is 6.92 Å². The molecular formula is C10H16N2O. The van der Waals surface area contributed by atoms with E-state index in [1.165, 1.54) is 12.8 Å². The Labute approximate surface area is 79.1 Å². The van der Waals surface area contributed by atoms with Crippen LogP contribution in [0.3, 0.4) is 0 Å². The molecule has 2 atom stereocenters. The summed E-state index contributed by atoms with van der Waals surface area (Å²) in [7, 11) is 0. The third-order valence-electron chi connectivity index (χ3n) is 3.06. The van der Waals surface area contributed by atoms with Gasteiger partial charge in [0.05, 0.1) is 12.7 Å². The number of ether oxygens (including phenoxy) is 1. The average molecular weight is 180 g/mol. The number of hydrogen-bond acceptors (Lipinski definition) is 3. The van der Waals surface area contributed by atoms with Gasteiger partial charge in [0.2, 0.25) is 0 Å². The predicted octanol–water partition coefficient (Wildman–Crippen LogP) is 1.06. The highest BCUT2D eigenvalue weighted by Crippen LogP contribution is 2.30. The molecule has 2 unspecified atom stereocenters. The molecule has 0 aromatic heterocycles. The van der Waals surface area contributed by atoms with E-state index < -0.39 is 0 Å². The number of nitrogens with one attached hydrogen (secondary N) is 1. The zero-order valence-corrected chi connectivity index (χ0v) is 8.05. The lowest BCUT2D eigenvalue weighted by molar-refractivity contribution is 0.168. The Balaban J connectivity index is 1.99. The third kappa shape index (κ3) is 1.84. The van der Waals surface area contributed by atoms with Crippen molar-refractivity contribution in [2.75, 3.05) is 13.2 Å². The second-order valence-electron chi connectivity index (χ2n) is 4.29. The monoisotopic (exact) mass is 180 g/mol. The van der Waals surface area contributed by atoms with Crippen LogP contribution in [0, 0.1) is 17.2 Å². The van der Waals surface area contributed by atoms with Gasteiger partial charge < -0.3 is 4.74 Å². The zero-order chi connectivity index (χ0) is 9.31. The average Bonchev–Trinajstić information content (AvgIpc) is 2.77. The lowest BCUT2D eigenvalue weighted by Gasteiger charge is -2.28. The molecule has 3 nitrogen and oxygen atoms in total. The molecule has 1 saturated carbocycles. The quantitative estimate of drug-likeness (QED) is 0.706. The standard InChI is InChI=1S/C10H16N2O/c1-10(7-11,12-9-2-3-9)8-4-5-13-6-8/h8-9,12H,2-6H2,1H3. The second kappa shape index (κ2) is 3.28. The van der Waals surface area contributed by atoms with Crippen molar-refractivity contribution in [1.82, 2.24) is 5.32 Å². The van der Waals surface area contributed by atoms with Crippen molar-refractivity contribution in [3.63, 3.8) is 0 Å². The molecular weight excluding hydrogens is 164 g/mol. The molecule has 3 heteroatoms. The van der Waals surface area contributed by atoms with Crippen LogP contribution in [0.1, 0.15) is 26.2 Å². The Bertz CT molecular complexity index is 226. The van der Waals surface area contributed by atoms with Crippen molar-refractivity contribution in [2.45, 2.75) is 37.8 Å². The fraction of sp³-hybridized carbons (Fsp3) is 0.900. The number of nitrogens with zero attached hydrogens (tertiary/aromatic N) is 1. The first-order chi connectivity index (χ1) is 6.24. The van der Waals surface area contributed by atoms with Crippen LogP contribution in [0.5, 0.6) is 0 Å². The van der Waals surface area contributed by atoms with E-state index in [0.29, 0.717) is 12.0 Å². The molecule has 0 bridgehead atoms.